The number of carbonyl (C=O) groups is 1. The molecule has 136 valence electrons. The molecule has 1 saturated heterocycles. The lowest BCUT2D eigenvalue weighted by molar-refractivity contribution is -0.295. The molecule has 24 heavy (non-hydrogen) atoms. The Kier molecular flexibility index (Phi) is 6.35. The number of anilines is 1. The number of carbonyl (C=O) groups excluding carboxylic acids is 1. The monoisotopic (exact) mass is 360 g/mol. The van der Waals surface area contributed by atoms with Crippen molar-refractivity contribution in [2.45, 2.75) is 31.9 Å². The van der Waals surface area contributed by atoms with Crippen LogP contribution in [0.3, 0.4) is 0 Å². The number of nitrogens with zero attached hydrogens (tertiary/aromatic N) is 3. The summed E-state index contributed by atoms with van der Waals surface area (Å²) < 4.78 is 67.1. The fourth-order valence-corrected chi connectivity index (χ4v) is 1.69. The summed E-state index contributed by atoms with van der Waals surface area (Å²) in [6.07, 6.45) is -7.74. The number of aliphatic hydroxyl groups is 1. The van der Waals surface area contributed by atoms with Crippen molar-refractivity contribution in [2.24, 2.45) is 0 Å². The molecule has 1 aliphatic rings. The molecule has 0 aliphatic carbocycles. The van der Waals surface area contributed by atoms with E-state index >= 15 is 0 Å². The van der Waals surface area contributed by atoms with Crippen molar-refractivity contribution in [3.8, 4) is 0 Å². The quantitative estimate of drug-likeness (QED) is 0.807. The van der Waals surface area contributed by atoms with E-state index in [4.69, 9.17) is 5.11 Å². The summed E-state index contributed by atoms with van der Waals surface area (Å²) in [5, 5.41) is 9.18. The van der Waals surface area contributed by atoms with Gasteiger partial charge in [-0.05, 0) is 13.3 Å². The molecule has 1 fully saturated rings. The van der Waals surface area contributed by atoms with Crippen LogP contribution in [-0.4, -0.2) is 51.4 Å². The maximum atomic E-state index is 12.5. The van der Waals surface area contributed by atoms with Crippen molar-refractivity contribution in [2.75, 3.05) is 18.4 Å². The first-order chi connectivity index (χ1) is 10.9. The van der Waals surface area contributed by atoms with E-state index in [1.54, 1.807) is 11.8 Å². The normalized spacial score (nSPS) is 15.8. The SMILES string of the molecule is C[C@@H](Nc1cc(C(F)(F)F)ncn1)C(=O)N1CCC1.OC(F)(F)F. The Morgan fingerprint density at radius 3 is 2.21 bits per heavy atom. The topological polar surface area (TPSA) is 78.4 Å². The van der Waals surface area contributed by atoms with Crippen LogP contribution in [0, 0.1) is 0 Å². The first kappa shape index (κ1) is 19.9. The van der Waals surface area contributed by atoms with Gasteiger partial charge in [0.2, 0.25) is 5.91 Å². The van der Waals surface area contributed by atoms with Crippen molar-refractivity contribution < 1.29 is 36.2 Å². The van der Waals surface area contributed by atoms with E-state index < -0.39 is 24.3 Å². The second-order valence-electron chi connectivity index (χ2n) is 4.80. The molecule has 1 aromatic heterocycles. The van der Waals surface area contributed by atoms with Gasteiger partial charge in [-0.1, -0.05) is 0 Å². The first-order valence-electron chi connectivity index (χ1n) is 6.61. The summed E-state index contributed by atoms with van der Waals surface area (Å²) >= 11 is 0. The summed E-state index contributed by atoms with van der Waals surface area (Å²) in [6, 6.07) is 0.177. The molecular formula is C12H14F6N4O2. The van der Waals surface area contributed by atoms with Gasteiger partial charge in [0.25, 0.3) is 0 Å². The van der Waals surface area contributed by atoms with Crippen molar-refractivity contribution >= 4 is 11.7 Å². The molecular weight excluding hydrogens is 346 g/mol. The number of alkyl halides is 6. The number of likely N-dealkylation sites (tertiary alicyclic amines) is 1. The van der Waals surface area contributed by atoms with Crippen LogP contribution in [0.4, 0.5) is 32.2 Å². The zero-order chi connectivity index (χ0) is 18.5. The van der Waals surface area contributed by atoms with E-state index in [1.165, 1.54) is 0 Å². The highest BCUT2D eigenvalue weighted by Gasteiger charge is 2.33. The van der Waals surface area contributed by atoms with Crippen molar-refractivity contribution in [1.29, 1.82) is 0 Å². The molecule has 0 aromatic carbocycles. The minimum Gasteiger partial charge on any atom is -0.359 e. The number of hydrogen-bond donors (Lipinski definition) is 2. The Labute approximate surface area is 132 Å². The van der Waals surface area contributed by atoms with Gasteiger partial charge in [-0.3, -0.25) is 4.79 Å². The number of aromatic nitrogens is 2. The zero-order valence-electron chi connectivity index (χ0n) is 12.3. The van der Waals surface area contributed by atoms with E-state index in [9.17, 15) is 31.1 Å². The smallest absolute Gasteiger partial charge is 0.359 e. The average molecular weight is 360 g/mol. The van der Waals surface area contributed by atoms with E-state index in [2.05, 4.69) is 15.3 Å². The highest BCUT2D eigenvalue weighted by molar-refractivity contribution is 5.84. The Morgan fingerprint density at radius 1 is 1.25 bits per heavy atom. The van der Waals surface area contributed by atoms with Gasteiger partial charge in [0.05, 0.1) is 0 Å². The minimum absolute atomic E-state index is 0.0105. The molecule has 0 saturated carbocycles. The van der Waals surface area contributed by atoms with E-state index in [0.717, 1.165) is 18.8 Å². The van der Waals surface area contributed by atoms with Gasteiger partial charge >= 0.3 is 12.5 Å². The molecule has 1 atom stereocenters. The zero-order valence-corrected chi connectivity index (χ0v) is 12.3. The molecule has 1 amide bonds. The van der Waals surface area contributed by atoms with Gasteiger partial charge in [-0.25, -0.2) is 9.97 Å². The summed E-state index contributed by atoms with van der Waals surface area (Å²) in [5.74, 6) is -0.151. The van der Waals surface area contributed by atoms with Crippen molar-refractivity contribution in [1.82, 2.24) is 14.9 Å². The third-order valence-corrected chi connectivity index (χ3v) is 2.86. The second-order valence-corrected chi connectivity index (χ2v) is 4.80. The third-order valence-electron chi connectivity index (χ3n) is 2.86. The van der Waals surface area contributed by atoms with Crippen LogP contribution in [0.25, 0.3) is 0 Å². The second kappa shape index (κ2) is 7.64. The molecule has 6 nitrogen and oxygen atoms in total. The fourth-order valence-electron chi connectivity index (χ4n) is 1.69. The predicted octanol–water partition coefficient (Wildman–Crippen LogP) is 2.03. The first-order valence-corrected chi connectivity index (χ1v) is 6.61. The highest BCUT2D eigenvalue weighted by Crippen LogP contribution is 2.28. The molecule has 12 heteroatoms. The molecule has 0 unspecified atom stereocenters. The fraction of sp³-hybridized carbons (Fsp3) is 0.583. The van der Waals surface area contributed by atoms with Crippen molar-refractivity contribution in [3.63, 3.8) is 0 Å². The predicted molar refractivity (Wildman–Crippen MR) is 69.6 cm³/mol. The summed E-state index contributed by atoms with van der Waals surface area (Å²) in [6.45, 7) is 2.99. The lowest BCUT2D eigenvalue weighted by Gasteiger charge is -2.33. The Hall–Kier alpha value is -2.11. The Balaban J connectivity index is 0.000000505. The lowest BCUT2D eigenvalue weighted by Crippen LogP contribution is -2.48. The van der Waals surface area contributed by atoms with Crippen LogP contribution in [0.15, 0.2) is 12.4 Å². The maximum Gasteiger partial charge on any atom is 0.519 e. The summed E-state index contributed by atoms with van der Waals surface area (Å²) in [7, 11) is 0. The van der Waals surface area contributed by atoms with E-state index in [1.807, 2.05) is 0 Å². The maximum absolute atomic E-state index is 12.5. The lowest BCUT2D eigenvalue weighted by atomic mass is 10.2. The van der Waals surface area contributed by atoms with Crippen LogP contribution >= 0.6 is 0 Å². The van der Waals surface area contributed by atoms with Crippen LogP contribution < -0.4 is 5.32 Å². The van der Waals surface area contributed by atoms with E-state index in [0.29, 0.717) is 13.1 Å². The van der Waals surface area contributed by atoms with Gasteiger partial charge in [-0.2, -0.15) is 13.2 Å². The summed E-state index contributed by atoms with van der Waals surface area (Å²) in [5.41, 5.74) is -1.03. The molecule has 0 radical (unpaired) electrons. The Morgan fingerprint density at radius 2 is 1.79 bits per heavy atom. The summed E-state index contributed by atoms with van der Waals surface area (Å²) in [4.78, 5) is 20.3. The largest absolute Gasteiger partial charge is 0.519 e. The van der Waals surface area contributed by atoms with Crippen LogP contribution in [-0.2, 0) is 11.0 Å². The standard InChI is InChI=1S/C11H13F3N4O.CHF3O/c1-7(10(19)18-3-2-4-18)17-9-5-8(11(12,13)14)15-6-16-9;2-1(3,4)5/h5-7H,2-4H2,1H3,(H,15,16,17);5H/t7-;/m1./s1. The highest BCUT2D eigenvalue weighted by atomic mass is 19.4. The number of nitrogens with one attached hydrogen (secondary N) is 1. The van der Waals surface area contributed by atoms with Crippen molar-refractivity contribution in [3.05, 3.63) is 18.1 Å². The molecule has 1 aromatic rings. The van der Waals surface area contributed by atoms with Crippen LogP contribution in [0.5, 0.6) is 0 Å². The van der Waals surface area contributed by atoms with Gasteiger partial charge < -0.3 is 15.3 Å². The van der Waals surface area contributed by atoms with Gasteiger partial charge in [0.15, 0.2) is 0 Å². The third kappa shape index (κ3) is 6.98. The molecule has 1 aliphatic heterocycles. The molecule has 2 heterocycles. The molecule has 2 rings (SSSR count). The average Bonchev–Trinajstić information content (AvgIpc) is 2.33. The van der Waals surface area contributed by atoms with Crippen LogP contribution in [0.1, 0.15) is 19.0 Å². The number of rotatable bonds is 3. The minimum atomic E-state index is -5.00. The van der Waals surface area contributed by atoms with Crippen LogP contribution in [0.2, 0.25) is 0 Å². The van der Waals surface area contributed by atoms with Gasteiger partial charge in [0.1, 0.15) is 23.9 Å². The Bertz CT molecular complexity index is 553. The molecule has 0 spiro atoms. The molecule has 2 N–H and O–H groups in total. The van der Waals surface area contributed by atoms with Gasteiger partial charge in [-0.15, -0.1) is 13.2 Å². The molecule has 0 bridgehead atoms. The number of halogens is 6. The van der Waals surface area contributed by atoms with E-state index in [-0.39, 0.29) is 11.7 Å². The number of amides is 1. The number of hydrogen-bond acceptors (Lipinski definition) is 5. The van der Waals surface area contributed by atoms with Gasteiger partial charge in [0, 0.05) is 19.2 Å².